The van der Waals surface area contributed by atoms with Gasteiger partial charge in [-0.3, -0.25) is 4.79 Å². The molecule has 0 aliphatic heterocycles. The van der Waals surface area contributed by atoms with E-state index in [0.717, 1.165) is 37.9 Å². The van der Waals surface area contributed by atoms with Gasteiger partial charge < -0.3 is 11.1 Å². The molecule has 3 heteroatoms. The first-order valence-corrected chi connectivity index (χ1v) is 6.24. The predicted octanol–water partition coefficient (Wildman–Crippen LogP) is 1.78. The lowest BCUT2D eigenvalue weighted by atomic mass is 10.1. The Balaban J connectivity index is 2.18. The fraction of sp³-hybridized carbons (Fsp3) is 0.500. The average Bonchev–Trinajstić information content (AvgIpc) is 2.32. The number of hydrogen-bond donors (Lipinski definition) is 2. The lowest BCUT2D eigenvalue weighted by Gasteiger charge is -2.05. The Labute approximate surface area is 103 Å². The van der Waals surface area contributed by atoms with Gasteiger partial charge in [-0.05, 0) is 31.9 Å². The maximum absolute atomic E-state index is 11.6. The van der Waals surface area contributed by atoms with Crippen molar-refractivity contribution in [3.63, 3.8) is 0 Å². The summed E-state index contributed by atoms with van der Waals surface area (Å²) in [6.07, 6.45) is 3.60. The Bertz CT molecular complexity index is 333. The van der Waals surface area contributed by atoms with Crippen LogP contribution in [0.3, 0.4) is 0 Å². The predicted molar refractivity (Wildman–Crippen MR) is 70.8 cm³/mol. The molecule has 94 valence electrons. The van der Waals surface area contributed by atoms with Crippen molar-refractivity contribution in [2.75, 3.05) is 13.1 Å². The fourth-order valence-electron chi connectivity index (χ4n) is 1.63. The molecular formula is C14H22N2O. The third kappa shape index (κ3) is 6.07. The Kier molecular flexibility index (Phi) is 6.33. The van der Waals surface area contributed by atoms with Crippen LogP contribution in [0.2, 0.25) is 0 Å². The highest BCUT2D eigenvalue weighted by Crippen LogP contribution is 2.03. The zero-order chi connectivity index (χ0) is 12.5. The first-order chi connectivity index (χ1) is 8.22. The number of aryl methyl sites for hydroxylation is 1. The van der Waals surface area contributed by atoms with Gasteiger partial charge in [0.15, 0.2) is 0 Å². The van der Waals surface area contributed by atoms with Crippen LogP contribution in [-0.4, -0.2) is 19.0 Å². The molecule has 1 amide bonds. The second-order valence-electron chi connectivity index (χ2n) is 4.36. The van der Waals surface area contributed by atoms with E-state index in [1.165, 1.54) is 5.56 Å². The number of nitrogens with one attached hydrogen (secondary N) is 1. The van der Waals surface area contributed by atoms with Crippen LogP contribution in [-0.2, 0) is 11.2 Å². The van der Waals surface area contributed by atoms with E-state index in [-0.39, 0.29) is 5.91 Å². The zero-order valence-electron chi connectivity index (χ0n) is 10.5. The minimum absolute atomic E-state index is 0.0987. The second kappa shape index (κ2) is 7.85. The Morgan fingerprint density at radius 2 is 1.88 bits per heavy atom. The number of carbonyl (C=O) groups excluding carboxylic acids is 1. The van der Waals surface area contributed by atoms with E-state index < -0.39 is 0 Å². The van der Waals surface area contributed by atoms with Crippen LogP contribution >= 0.6 is 0 Å². The van der Waals surface area contributed by atoms with E-state index in [4.69, 9.17) is 5.73 Å². The van der Waals surface area contributed by atoms with Gasteiger partial charge in [-0.1, -0.05) is 36.2 Å². The maximum atomic E-state index is 11.6. The smallest absolute Gasteiger partial charge is 0.224 e. The van der Waals surface area contributed by atoms with Gasteiger partial charge >= 0.3 is 0 Å². The monoisotopic (exact) mass is 234 g/mol. The van der Waals surface area contributed by atoms with E-state index in [2.05, 4.69) is 5.32 Å². The van der Waals surface area contributed by atoms with Crippen LogP contribution in [0.5, 0.6) is 0 Å². The molecule has 0 saturated heterocycles. The number of benzene rings is 1. The zero-order valence-corrected chi connectivity index (χ0v) is 10.5. The van der Waals surface area contributed by atoms with Gasteiger partial charge in [0.25, 0.3) is 0 Å². The van der Waals surface area contributed by atoms with E-state index >= 15 is 0 Å². The van der Waals surface area contributed by atoms with Gasteiger partial charge in [0.1, 0.15) is 0 Å². The molecule has 3 N–H and O–H groups in total. The molecule has 1 rings (SSSR count). The molecule has 17 heavy (non-hydrogen) atoms. The summed E-state index contributed by atoms with van der Waals surface area (Å²) < 4.78 is 0. The van der Waals surface area contributed by atoms with Crippen LogP contribution < -0.4 is 11.1 Å². The first kappa shape index (κ1) is 13.7. The highest BCUT2D eigenvalue weighted by Gasteiger charge is 2.01. The van der Waals surface area contributed by atoms with E-state index in [1.807, 2.05) is 31.2 Å². The summed E-state index contributed by atoms with van der Waals surface area (Å²) in [5.41, 5.74) is 7.68. The van der Waals surface area contributed by atoms with Gasteiger partial charge in [-0.25, -0.2) is 0 Å². The van der Waals surface area contributed by atoms with E-state index in [9.17, 15) is 4.79 Å². The van der Waals surface area contributed by atoms with Crippen LogP contribution in [0.4, 0.5) is 0 Å². The van der Waals surface area contributed by atoms with Crippen LogP contribution in [0, 0.1) is 6.92 Å². The second-order valence-corrected chi connectivity index (χ2v) is 4.36. The molecule has 0 aliphatic carbocycles. The first-order valence-electron chi connectivity index (χ1n) is 6.24. The van der Waals surface area contributed by atoms with Gasteiger partial charge in [0.2, 0.25) is 5.91 Å². The van der Waals surface area contributed by atoms with Gasteiger partial charge in [0.05, 0.1) is 6.42 Å². The van der Waals surface area contributed by atoms with Crippen molar-refractivity contribution in [2.45, 2.75) is 32.6 Å². The highest BCUT2D eigenvalue weighted by molar-refractivity contribution is 5.78. The van der Waals surface area contributed by atoms with E-state index in [1.54, 1.807) is 0 Å². The summed E-state index contributed by atoms with van der Waals surface area (Å²) in [6, 6.07) is 8.07. The minimum Gasteiger partial charge on any atom is -0.356 e. The molecule has 0 radical (unpaired) electrons. The van der Waals surface area contributed by atoms with E-state index in [0.29, 0.717) is 6.42 Å². The van der Waals surface area contributed by atoms with Crippen molar-refractivity contribution in [3.05, 3.63) is 35.4 Å². The summed E-state index contributed by atoms with van der Waals surface area (Å²) in [7, 11) is 0. The molecule has 0 spiro atoms. The average molecular weight is 234 g/mol. The molecule has 1 aromatic carbocycles. The SMILES string of the molecule is Cc1ccc(CC(=O)NCCCCCN)cc1. The summed E-state index contributed by atoms with van der Waals surface area (Å²) in [6.45, 7) is 3.53. The molecule has 0 aromatic heterocycles. The molecule has 0 bridgehead atoms. The standard InChI is InChI=1S/C14H22N2O/c1-12-5-7-13(8-6-12)11-14(17)16-10-4-2-3-9-15/h5-8H,2-4,9-11,15H2,1H3,(H,16,17). The minimum atomic E-state index is 0.0987. The molecule has 1 aromatic rings. The van der Waals surface area contributed by atoms with Crippen molar-refractivity contribution in [1.82, 2.24) is 5.32 Å². The number of amides is 1. The molecule has 0 unspecified atom stereocenters. The molecule has 0 saturated carbocycles. The van der Waals surface area contributed by atoms with Crippen LogP contribution in [0.25, 0.3) is 0 Å². The quantitative estimate of drug-likeness (QED) is 0.707. The van der Waals surface area contributed by atoms with Gasteiger partial charge in [-0.15, -0.1) is 0 Å². The van der Waals surface area contributed by atoms with Crippen molar-refractivity contribution in [1.29, 1.82) is 0 Å². The van der Waals surface area contributed by atoms with Crippen molar-refractivity contribution >= 4 is 5.91 Å². The van der Waals surface area contributed by atoms with Crippen LogP contribution in [0.1, 0.15) is 30.4 Å². The maximum Gasteiger partial charge on any atom is 0.224 e. The van der Waals surface area contributed by atoms with Gasteiger partial charge in [-0.2, -0.15) is 0 Å². The highest BCUT2D eigenvalue weighted by atomic mass is 16.1. The Hall–Kier alpha value is -1.35. The lowest BCUT2D eigenvalue weighted by Crippen LogP contribution is -2.26. The largest absolute Gasteiger partial charge is 0.356 e. The normalized spacial score (nSPS) is 10.2. The Morgan fingerprint density at radius 1 is 1.18 bits per heavy atom. The summed E-state index contributed by atoms with van der Waals surface area (Å²) in [4.78, 5) is 11.6. The molecule has 0 aliphatic rings. The summed E-state index contributed by atoms with van der Waals surface area (Å²) in [5.74, 6) is 0.0987. The molecule has 0 fully saturated rings. The van der Waals surface area contributed by atoms with Crippen molar-refractivity contribution < 1.29 is 4.79 Å². The number of carbonyl (C=O) groups is 1. The number of hydrogen-bond acceptors (Lipinski definition) is 2. The third-order valence-corrected chi connectivity index (χ3v) is 2.69. The Morgan fingerprint density at radius 3 is 2.53 bits per heavy atom. The number of unbranched alkanes of at least 4 members (excludes halogenated alkanes) is 2. The molecular weight excluding hydrogens is 212 g/mol. The summed E-state index contributed by atoms with van der Waals surface area (Å²) >= 11 is 0. The molecule has 3 nitrogen and oxygen atoms in total. The third-order valence-electron chi connectivity index (χ3n) is 2.69. The topological polar surface area (TPSA) is 55.1 Å². The van der Waals surface area contributed by atoms with Crippen molar-refractivity contribution in [3.8, 4) is 0 Å². The van der Waals surface area contributed by atoms with Gasteiger partial charge in [0, 0.05) is 6.54 Å². The summed E-state index contributed by atoms with van der Waals surface area (Å²) in [5, 5.41) is 2.92. The number of nitrogens with two attached hydrogens (primary N) is 1. The van der Waals surface area contributed by atoms with Crippen molar-refractivity contribution in [2.24, 2.45) is 5.73 Å². The molecule has 0 atom stereocenters. The number of rotatable bonds is 7. The fourth-order valence-corrected chi connectivity index (χ4v) is 1.63. The van der Waals surface area contributed by atoms with Crippen LogP contribution in [0.15, 0.2) is 24.3 Å². The lowest BCUT2D eigenvalue weighted by molar-refractivity contribution is -0.120. The molecule has 0 heterocycles.